The zero-order valence-electron chi connectivity index (χ0n) is 12.6. The highest BCUT2D eigenvalue weighted by atomic mass is 32.2. The van der Waals surface area contributed by atoms with E-state index in [1.807, 2.05) is 17.8 Å². The number of nitro groups is 1. The average molecular weight is 309 g/mol. The number of para-hydroxylation sites is 1. The van der Waals surface area contributed by atoms with Gasteiger partial charge in [-0.25, -0.2) is 0 Å². The van der Waals surface area contributed by atoms with Gasteiger partial charge in [0.25, 0.3) is 0 Å². The molecule has 0 unspecified atom stereocenters. The molecular formula is C15H23N3O2S. The predicted octanol–water partition coefficient (Wildman–Crippen LogP) is 4.11. The van der Waals surface area contributed by atoms with Crippen molar-refractivity contribution in [2.75, 3.05) is 30.5 Å². The largest absolute Gasteiger partial charge is 0.382 e. The number of nitrogens with zero attached hydrogens (tertiary/aromatic N) is 1. The monoisotopic (exact) mass is 309 g/mol. The summed E-state index contributed by atoms with van der Waals surface area (Å²) in [7, 11) is 1.70. The van der Waals surface area contributed by atoms with Gasteiger partial charge in [0.2, 0.25) is 0 Å². The van der Waals surface area contributed by atoms with Gasteiger partial charge < -0.3 is 10.6 Å². The molecule has 0 atom stereocenters. The molecular weight excluding hydrogens is 286 g/mol. The molecule has 5 nitrogen and oxygen atoms in total. The van der Waals surface area contributed by atoms with E-state index < -0.39 is 0 Å². The fourth-order valence-electron chi connectivity index (χ4n) is 2.99. The summed E-state index contributed by atoms with van der Waals surface area (Å²) in [6.07, 6.45) is 8.31. The minimum atomic E-state index is -0.319. The molecule has 21 heavy (non-hydrogen) atoms. The van der Waals surface area contributed by atoms with Gasteiger partial charge in [0.05, 0.1) is 4.92 Å². The molecule has 0 aliphatic heterocycles. The zero-order chi connectivity index (χ0) is 15.3. The topological polar surface area (TPSA) is 67.2 Å². The molecule has 1 saturated carbocycles. The molecule has 2 rings (SSSR count). The molecule has 0 spiro atoms. The first-order valence-electron chi connectivity index (χ1n) is 7.36. The van der Waals surface area contributed by atoms with Crippen molar-refractivity contribution in [1.29, 1.82) is 0 Å². The van der Waals surface area contributed by atoms with E-state index in [2.05, 4.69) is 16.9 Å². The Morgan fingerprint density at radius 2 is 1.95 bits per heavy atom. The van der Waals surface area contributed by atoms with Crippen molar-refractivity contribution in [3.8, 4) is 0 Å². The zero-order valence-corrected chi connectivity index (χ0v) is 13.5. The molecule has 1 aromatic rings. The molecule has 0 saturated heterocycles. The first-order valence-corrected chi connectivity index (χ1v) is 8.58. The molecule has 1 fully saturated rings. The summed E-state index contributed by atoms with van der Waals surface area (Å²) in [6.45, 7) is 0.780. The molecule has 0 bridgehead atoms. The van der Waals surface area contributed by atoms with Crippen molar-refractivity contribution < 1.29 is 4.92 Å². The third kappa shape index (κ3) is 3.61. The first kappa shape index (κ1) is 15.9. The second kappa shape index (κ2) is 7.02. The van der Waals surface area contributed by atoms with E-state index >= 15 is 0 Å². The summed E-state index contributed by atoms with van der Waals surface area (Å²) in [5, 5.41) is 17.5. The third-order valence-corrected chi connectivity index (χ3v) is 5.71. The van der Waals surface area contributed by atoms with Crippen LogP contribution in [-0.4, -0.2) is 29.5 Å². The number of thioether (sulfide) groups is 1. The molecule has 116 valence electrons. The van der Waals surface area contributed by atoms with Crippen molar-refractivity contribution >= 4 is 28.8 Å². The van der Waals surface area contributed by atoms with Crippen LogP contribution in [0.2, 0.25) is 0 Å². The standard InChI is InChI=1S/C15H23N3O2S/c1-16-12-7-6-8-13(14(12)18(19)20)17-11-15(21-2)9-4-3-5-10-15/h6-8,16-17H,3-5,9-11H2,1-2H3. The Morgan fingerprint density at radius 1 is 1.29 bits per heavy atom. The van der Waals surface area contributed by atoms with E-state index in [4.69, 9.17) is 0 Å². The van der Waals surface area contributed by atoms with E-state index in [1.54, 1.807) is 19.2 Å². The van der Waals surface area contributed by atoms with Gasteiger partial charge in [0, 0.05) is 18.3 Å². The maximum absolute atomic E-state index is 11.3. The molecule has 1 aliphatic rings. The summed E-state index contributed by atoms with van der Waals surface area (Å²) >= 11 is 1.89. The molecule has 0 radical (unpaired) electrons. The highest BCUT2D eigenvalue weighted by Crippen LogP contribution is 2.40. The van der Waals surface area contributed by atoms with Crippen molar-refractivity contribution in [3.05, 3.63) is 28.3 Å². The Hall–Kier alpha value is -1.43. The number of rotatable bonds is 6. The number of hydrogen-bond donors (Lipinski definition) is 2. The van der Waals surface area contributed by atoms with Crippen LogP contribution in [-0.2, 0) is 0 Å². The minimum Gasteiger partial charge on any atom is -0.382 e. The van der Waals surface area contributed by atoms with Gasteiger partial charge in [-0.15, -0.1) is 0 Å². The van der Waals surface area contributed by atoms with Gasteiger partial charge in [-0.1, -0.05) is 25.3 Å². The van der Waals surface area contributed by atoms with Crippen LogP contribution in [0.1, 0.15) is 32.1 Å². The van der Waals surface area contributed by atoms with E-state index in [9.17, 15) is 10.1 Å². The Balaban J connectivity index is 2.17. The number of nitrogens with one attached hydrogen (secondary N) is 2. The lowest BCUT2D eigenvalue weighted by atomic mass is 9.88. The number of anilines is 2. The molecule has 0 heterocycles. The SMILES string of the molecule is CNc1cccc(NCC2(SC)CCCCC2)c1[N+](=O)[O-]. The van der Waals surface area contributed by atoms with Crippen LogP contribution in [0.5, 0.6) is 0 Å². The summed E-state index contributed by atoms with van der Waals surface area (Å²) in [5.74, 6) is 0. The van der Waals surface area contributed by atoms with Crippen LogP contribution in [0, 0.1) is 10.1 Å². The predicted molar refractivity (Wildman–Crippen MR) is 90.5 cm³/mol. The van der Waals surface area contributed by atoms with Gasteiger partial charge in [-0.3, -0.25) is 10.1 Å². The Kier molecular flexibility index (Phi) is 5.33. The lowest BCUT2D eigenvalue weighted by Gasteiger charge is -2.36. The molecule has 1 aliphatic carbocycles. The molecule has 1 aromatic carbocycles. The summed E-state index contributed by atoms with van der Waals surface area (Å²) in [5.41, 5.74) is 1.28. The summed E-state index contributed by atoms with van der Waals surface area (Å²) < 4.78 is 0.210. The van der Waals surface area contributed by atoms with Crippen molar-refractivity contribution in [2.45, 2.75) is 36.9 Å². The van der Waals surface area contributed by atoms with Gasteiger partial charge in [-0.2, -0.15) is 11.8 Å². The van der Waals surface area contributed by atoms with E-state index in [0.717, 1.165) is 6.54 Å². The van der Waals surface area contributed by atoms with Crippen LogP contribution in [0.15, 0.2) is 18.2 Å². The highest BCUT2D eigenvalue weighted by molar-refractivity contribution is 8.00. The van der Waals surface area contributed by atoms with Crippen molar-refractivity contribution in [2.24, 2.45) is 0 Å². The third-order valence-electron chi connectivity index (χ3n) is 4.29. The molecule has 2 N–H and O–H groups in total. The van der Waals surface area contributed by atoms with Crippen molar-refractivity contribution in [1.82, 2.24) is 0 Å². The maximum Gasteiger partial charge on any atom is 0.315 e. The highest BCUT2D eigenvalue weighted by Gasteiger charge is 2.31. The molecule has 0 amide bonds. The van der Waals surface area contributed by atoms with Crippen molar-refractivity contribution in [3.63, 3.8) is 0 Å². The van der Waals surface area contributed by atoms with Crippen LogP contribution >= 0.6 is 11.8 Å². The van der Waals surface area contributed by atoms with Gasteiger partial charge in [-0.05, 0) is 31.2 Å². The quantitative estimate of drug-likeness (QED) is 0.611. The first-order chi connectivity index (χ1) is 10.1. The smallest absolute Gasteiger partial charge is 0.315 e. The Bertz CT molecular complexity index is 502. The van der Waals surface area contributed by atoms with Gasteiger partial charge in [0.1, 0.15) is 11.4 Å². The van der Waals surface area contributed by atoms with Crippen LogP contribution < -0.4 is 10.6 Å². The number of hydrogen-bond acceptors (Lipinski definition) is 5. The second-order valence-electron chi connectivity index (χ2n) is 5.51. The maximum atomic E-state index is 11.3. The molecule has 0 aromatic heterocycles. The lowest BCUT2D eigenvalue weighted by Crippen LogP contribution is -2.35. The van der Waals surface area contributed by atoms with Crippen LogP contribution in [0.3, 0.4) is 0 Å². The number of nitro benzene ring substituents is 1. The fourth-order valence-corrected chi connectivity index (χ4v) is 3.90. The number of benzene rings is 1. The lowest BCUT2D eigenvalue weighted by molar-refractivity contribution is -0.383. The van der Waals surface area contributed by atoms with E-state index in [0.29, 0.717) is 11.4 Å². The fraction of sp³-hybridized carbons (Fsp3) is 0.600. The summed E-state index contributed by atoms with van der Waals surface area (Å²) in [6, 6.07) is 5.36. The van der Waals surface area contributed by atoms with Gasteiger partial charge >= 0.3 is 5.69 Å². The minimum absolute atomic E-state index is 0.132. The van der Waals surface area contributed by atoms with E-state index in [-0.39, 0.29) is 15.4 Å². The Labute approximate surface area is 130 Å². The second-order valence-corrected chi connectivity index (χ2v) is 6.78. The van der Waals surface area contributed by atoms with Crippen LogP contribution in [0.4, 0.5) is 17.1 Å². The van der Waals surface area contributed by atoms with Crippen LogP contribution in [0.25, 0.3) is 0 Å². The average Bonchev–Trinajstić information content (AvgIpc) is 2.53. The van der Waals surface area contributed by atoms with E-state index in [1.165, 1.54) is 32.1 Å². The normalized spacial score (nSPS) is 17.2. The summed E-state index contributed by atoms with van der Waals surface area (Å²) in [4.78, 5) is 11.0. The molecule has 6 heteroatoms. The Morgan fingerprint density at radius 3 is 2.52 bits per heavy atom. The van der Waals surface area contributed by atoms with Gasteiger partial charge in [0.15, 0.2) is 0 Å².